The molecule has 1 saturated carbocycles. The largest absolute Gasteiger partial charge is 0.378 e. The monoisotopic (exact) mass is 231 g/mol. The number of Topliss-reactive ketones (excluding diaryl/α,β-unsaturated/α-hetero) is 1. The number of carbonyl (C=O) groups excluding carboxylic acids is 1. The van der Waals surface area contributed by atoms with Crippen LogP contribution in [0.25, 0.3) is 0 Å². The van der Waals surface area contributed by atoms with Gasteiger partial charge in [-0.25, -0.2) is 0 Å². The van der Waals surface area contributed by atoms with Gasteiger partial charge in [0, 0.05) is 12.1 Å². The van der Waals surface area contributed by atoms with Gasteiger partial charge in [-0.1, -0.05) is 50.3 Å². The molecule has 1 aromatic rings. The van der Waals surface area contributed by atoms with E-state index in [-0.39, 0.29) is 0 Å². The van der Waals surface area contributed by atoms with Gasteiger partial charge in [0.1, 0.15) is 0 Å². The van der Waals surface area contributed by atoms with Crippen molar-refractivity contribution >= 4 is 11.5 Å². The van der Waals surface area contributed by atoms with E-state index >= 15 is 0 Å². The van der Waals surface area contributed by atoms with Crippen LogP contribution in [-0.2, 0) is 4.79 Å². The Labute approximate surface area is 103 Å². The van der Waals surface area contributed by atoms with Crippen LogP contribution in [0.15, 0.2) is 30.3 Å². The van der Waals surface area contributed by atoms with Gasteiger partial charge in [0.2, 0.25) is 0 Å². The number of rotatable bonds is 5. The van der Waals surface area contributed by atoms with Crippen molar-refractivity contribution in [3.63, 3.8) is 0 Å². The van der Waals surface area contributed by atoms with Crippen molar-refractivity contribution in [2.75, 3.05) is 11.9 Å². The van der Waals surface area contributed by atoms with Gasteiger partial charge in [0.25, 0.3) is 0 Å². The molecule has 1 N–H and O–H groups in total. The van der Waals surface area contributed by atoms with E-state index in [1.54, 1.807) is 0 Å². The molecular formula is C15H21NO. The molecule has 92 valence electrons. The third kappa shape index (κ3) is 4.22. The Morgan fingerprint density at radius 2 is 1.82 bits per heavy atom. The van der Waals surface area contributed by atoms with Crippen molar-refractivity contribution < 1.29 is 4.79 Å². The molecule has 0 unspecified atom stereocenters. The molecule has 0 bridgehead atoms. The topological polar surface area (TPSA) is 29.1 Å². The number of ketones is 1. The van der Waals surface area contributed by atoms with Crippen LogP contribution in [0.4, 0.5) is 5.69 Å². The molecule has 0 saturated heterocycles. The first-order chi connectivity index (χ1) is 8.34. The Kier molecular flexibility index (Phi) is 4.60. The molecule has 0 aromatic heterocycles. The van der Waals surface area contributed by atoms with Gasteiger partial charge in [-0.2, -0.15) is 0 Å². The first-order valence-corrected chi connectivity index (χ1v) is 6.65. The summed E-state index contributed by atoms with van der Waals surface area (Å²) in [7, 11) is 0. The molecule has 1 aliphatic carbocycles. The molecule has 2 nitrogen and oxygen atoms in total. The van der Waals surface area contributed by atoms with Crippen LogP contribution >= 0.6 is 0 Å². The van der Waals surface area contributed by atoms with Gasteiger partial charge >= 0.3 is 0 Å². The highest BCUT2D eigenvalue weighted by Crippen LogP contribution is 2.26. The van der Waals surface area contributed by atoms with Gasteiger partial charge in [-0.3, -0.25) is 4.79 Å². The Bertz CT molecular complexity index is 341. The van der Waals surface area contributed by atoms with Crippen molar-refractivity contribution in [1.82, 2.24) is 0 Å². The Balaban J connectivity index is 1.70. The fraction of sp³-hybridized carbons (Fsp3) is 0.533. The normalized spacial score (nSPS) is 16.7. The summed E-state index contributed by atoms with van der Waals surface area (Å²) in [6, 6.07) is 9.93. The fourth-order valence-corrected chi connectivity index (χ4v) is 2.54. The van der Waals surface area contributed by atoms with Gasteiger partial charge in [-0.15, -0.1) is 0 Å². The van der Waals surface area contributed by atoms with E-state index in [4.69, 9.17) is 0 Å². The lowest BCUT2D eigenvalue weighted by atomic mass is 9.86. The summed E-state index contributed by atoms with van der Waals surface area (Å²) < 4.78 is 0. The number of anilines is 1. The van der Waals surface area contributed by atoms with E-state index in [0.717, 1.165) is 12.1 Å². The molecule has 1 fully saturated rings. The van der Waals surface area contributed by atoms with E-state index in [0.29, 0.717) is 18.2 Å². The molecule has 0 aliphatic heterocycles. The summed E-state index contributed by atoms with van der Waals surface area (Å²) in [5.74, 6) is 0.995. The van der Waals surface area contributed by atoms with Crippen LogP contribution in [0, 0.1) is 5.92 Å². The average molecular weight is 231 g/mol. The molecule has 1 aliphatic rings. The molecule has 0 radical (unpaired) electrons. The second-order valence-electron chi connectivity index (χ2n) is 4.97. The standard InChI is InChI=1S/C15H21NO/c17-15(11-13-7-3-1-4-8-13)12-16-14-9-5-2-6-10-14/h2,5-6,9-10,13,16H,1,3-4,7-8,11-12H2. The molecule has 2 rings (SSSR count). The third-order valence-electron chi connectivity index (χ3n) is 3.50. The summed E-state index contributed by atoms with van der Waals surface area (Å²) in [5.41, 5.74) is 1.03. The predicted molar refractivity (Wildman–Crippen MR) is 71.1 cm³/mol. The highest BCUT2D eigenvalue weighted by molar-refractivity contribution is 5.83. The zero-order valence-corrected chi connectivity index (χ0v) is 10.3. The van der Waals surface area contributed by atoms with E-state index in [1.165, 1.54) is 32.1 Å². The van der Waals surface area contributed by atoms with Gasteiger partial charge in [0.15, 0.2) is 5.78 Å². The van der Waals surface area contributed by atoms with Gasteiger partial charge in [0.05, 0.1) is 6.54 Å². The summed E-state index contributed by atoms with van der Waals surface area (Å²) in [4.78, 5) is 11.8. The second kappa shape index (κ2) is 6.43. The summed E-state index contributed by atoms with van der Waals surface area (Å²) in [5, 5.41) is 3.18. The molecule has 1 aromatic carbocycles. The van der Waals surface area contributed by atoms with E-state index in [2.05, 4.69) is 5.32 Å². The van der Waals surface area contributed by atoms with Crippen LogP contribution in [0.3, 0.4) is 0 Å². The van der Waals surface area contributed by atoms with Crippen molar-refractivity contribution in [2.24, 2.45) is 5.92 Å². The molecule has 0 atom stereocenters. The molecule has 0 amide bonds. The number of carbonyl (C=O) groups is 1. The van der Waals surface area contributed by atoms with Crippen molar-refractivity contribution in [3.8, 4) is 0 Å². The van der Waals surface area contributed by atoms with Crippen LogP contribution < -0.4 is 5.32 Å². The highest BCUT2D eigenvalue weighted by Gasteiger charge is 2.16. The average Bonchev–Trinajstić information content (AvgIpc) is 2.39. The minimum atomic E-state index is 0.348. The molecule has 0 spiro atoms. The number of para-hydroxylation sites is 1. The quantitative estimate of drug-likeness (QED) is 0.838. The van der Waals surface area contributed by atoms with Crippen molar-refractivity contribution in [2.45, 2.75) is 38.5 Å². The minimum absolute atomic E-state index is 0.348. The SMILES string of the molecule is O=C(CNc1ccccc1)CC1CCCCC1. The summed E-state index contributed by atoms with van der Waals surface area (Å²) in [6.45, 7) is 0.473. The Hall–Kier alpha value is -1.31. The summed E-state index contributed by atoms with van der Waals surface area (Å²) in [6.07, 6.45) is 7.23. The van der Waals surface area contributed by atoms with E-state index in [9.17, 15) is 4.79 Å². The lowest BCUT2D eigenvalue weighted by Gasteiger charge is -2.20. The number of benzene rings is 1. The van der Waals surface area contributed by atoms with Crippen molar-refractivity contribution in [3.05, 3.63) is 30.3 Å². The first kappa shape index (κ1) is 12.2. The molecule has 0 heterocycles. The number of hydrogen-bond acceptors (Lipinski definition) is 2. The van der Waals surface area contributed by atoms with Gasteiger partial charge < -0.3 is 5.32 Å². The summed E-state index contributed by atoms with van der Waals surface area (Å²) >= 11 is 0. The van der Waals surface area contributed by atoms with Crippen LogP contribution in [0.1, 0.15) is 38.5 Å². The first-order valence-electron chi connectivity index (χ1n) is 6.65. The lowest BCUT2D eigenvalue weighted by molar-refractivity contribution is -0.118. The Morgan fingerprint density at radius 1 is 1.12 bits per heavy atom. The maximum Gasteiger partial charge on any atom is 0.152 e. The Morgan fingerprint density at radius 3 is 2.53 bits per heavy atom. The number of hydrogen-bond donors (Lipinski definition) is 1. The van der Waals surface area contributed by atoms with Gasteiger partial charge in [-0.05, 0) is 18.1 Å². The van der Waals surface area contributed by atoms with Crippen LogP contribution in [0.5, 0.6) is 0 Å². The third-order valence-corrected chi connectivity index (χ3v) is 3.50. The highest BCUT2D eigenvalue weighted by atomic mass is 16.1. The maximum atomic E-state index is 11.8. The molecular weight excluding hydrogens is 210 g/mol. The van der Waals surface area contributed by atoms with Crippen molar-refractivity contribution in [1.29, 1.82) is 0 Å². The second-order valence-corrected chi connectivity index (χ2v) is 4.97. The molecule has 2 heteroatoms. The zero-order valence-electron chi connectivity index (χ0n) is 10.3. The van der Waals surface area contributed by atoms with E-state index in [1.807, 2.05) is 30.3 Å². The fourth-order valence-electron chi connectivity index (χ4n) is 2.54. The number of nitrogens with one attached hydrogen (secondary N) is 1. The smallest absolute Gasteiger partial charge is 0.152 e. The van der Waals surface area contributed by atoms with Crippen LogP contribution in [-0.4, -0.2) is 12.3 Å². The zero-order chi connectivity index (χ0) is 11.9. The van der Waals surface area contributed by atoms with E-state index < -0.39 is 0 Å². The maximum absolute atomic E-state index is 11.8. The van der Waals surface area contributed by atoms with Crippen LogP contribution in [0.2, 0.25) is 0 Å². The lowest BCUT2D eigenvalue weighted by Crippen LogP contribution is -2.18. The minimum Gasteiger partial charge on any atom is -0.378 e. The predicted octanol–water partition coefficient (Wildman–Crippen LogP) is 3.64. The molecule has 17 heavy (non-hydrogen) atoms.